The van der Waals surface area contributed by atoms with Crippen molar-refractivity contribution in [3.05, 3.63) is 24.2 Å². The molecule has 1 rings (SSSR count). The summed E-state index contributed by atoms with van der Waals surface area (Å²) in [4.78, 5) is 0. The Morgan fingerprint density at radius 3 is 3.14 bits per heavy atom. The molecule has 14 heavy (non-hydrogen) atoms. The smallest absolute Gasteiger partial charge is 0.0947 e. The average Bonchev–Trinajstić information content (AvgIpc) is 2.67. The summed E-state index contributed by atoms with van der Waals surface area (Å²) in [5.74, 6) is 0. The Kier molecular flexibility index (Phi) is 5.29. The van der Waals surface area contributed by atoms with E-state index < -0.39 is 6.10 Å². The maximum Gasteiger partial charge on any atom is 0.0947 e. The van der Waals surface area contributed by atoms with E-state index in [-0.39, 0.29) is 0 Å². The molecule has 0 saturated heterocycles. The van der Waals surface area contributed by atoms with E-state index in [0.717, 1.165) is 5.56 Å². The number of aliphatic hydroxyl groups is 1. The van der Waals surface area contributed by atoms with Crippen molar-refractivity contribution < 1.29 is 14.3 Å². The molecule has 80 valence electrons. The lowest BCUT2D eigenvalue weighted by molar-refractivity contribution is 0.0427. The molecule has 0 amide bonds. The van der Waals surface area contributed by atoms with Gasteiger partial charge in [0.1, 0.15) is 0 Å². The fourth-order valence-electron chi connectivity index (χ4n) is 1.09. The maximum absolute atomic E-state index is 9.40. The molecule has 0 saturated carbocycles. The quantitative estimate of drug-likeness (QED) is 0.681. The van der Waals surface area contributed by atoms with Gasteiger partial charge >= 0.3 is 0 Å². The molecule has 2 N–H and O–H groups in total. The molecule has 0 spiro atoms. The highest BCUT2D eigenvalue weighted by Crippen LogP contribution is 1.98. The minimum absolute atomic E-state index is 0.384. The molecule has 4 nitrogen and oxygen atoms in total. The predicted molar refractivity (Wildman–Crippen MR) is 52.9 cm³/mol. The van der Waals surface area contributed by atoms with Crippen molar-refractivity contribution in [1.82, 2.24) is 5.32 Å². The van der Waals surface area contributed by atoms with E-state index in [9.17, 15) is 5.11 Å². The number of furan rings is 1. The normalized spacial score (nSPS) is 13.0. The highest BCUT2D eigenvalue weighted by molar-refractivity contribution is 5.04. The summed E-state index contributed by atoms with van der Waals surface area (Å²) in [6, 6.07) is 1.89. The van der Waals surface area contributed by atoms with Crippen LogP contribution in [0.1, 0.15) is 12.5 Å². The minimum atomic E-state index is -0.443. The molecule has 0 bridgehead atoms. The van der Waals surface area contributed by atoms with Crippen LogP contribution in [0.2, 0.25) is 0 Å². The molecule has 0 aromatic carbocycles. The molecule has 0 radical (unpaired) electrons. The number of aliphatic hydroxyl groups excluding tert-OH is 1. The Morgan fingerprint density at radius 1 is 1.64 bits per heavy atom. The van der Waals surface area contributed by atoms with Crippen LogP contribution in [0.3, 0.4) is 0 Å². The van der Waals surface area contributed by atoms with Crippen molar-refractivity contribution in [3.63, 3.8) is 0 Å². The molecule has 1 aromatic heterocycles. The van der Waals surface area contributed by atoms with Gasteiger partial charge in [0.2, 0.25) is 0 Å². The van der Waals surface area contributed by atoms with Gasteiger partial charge in [0.05, 0.1) is 25.2 Å². The Hall–Kier alpha value is -0.840. The fourth-order valence-corrected chi connectivity index (χ4v) is 1.09. The highest BCUT2D eigenvalue weighted by Gasteiger charge is 2.02. The number of nitrogens with one attached hydrogen (secondary N) is 1. The summed E-state index contributed by atoms with van der Waals surface area (Å²) in [5, 5.41) is 12.5. The van der Waals surface area contributed by atoms with Gasteiger partial charge in [-0.05, 0) is 13.0 Å². The molecule has 4 heteroatoms. The van der Waals surface area contributed by atoms with E-state index in [1.165, 1.54) is 0 Å². The molecular formula is C10H17NO3. The first-order valence-corrected chi connectivity index (χ1v) is 4.80. The summed E-state index contributed by atoms with van der Waals surface area (Å²) in [6.07, 6.45) is 2.87. The first kappa shape index (κ1) is 11.2. The Labute approximate surface area is 83.9 Å². The van der Waals surface area contributed by atoms with Crippen LogP contribution in [-0.4, -0.2) is 31.0 Å². The van der Waals surface area contributed by atoms with Crippen molar-refractivity contribution in [2.24, 2.45) is 0 Å². The van der Waals surface area contributed by atoms with E-state index in [1.807, 2.05) is 13.0 Å². The Bertz CT molecular complexity index is 223. The van der Waals surface area contributed by atoms with E-state index in [0.29, 0.717) is 26.3 Å². The van der Waals surface area contributed by atoms with Crippen LogP contribution < -0.4 is 5.32 Å². The summed E-state index contributed by atoms with van der Waals surface area (Å²) >= 11 is 0. The zero-order valence-electron chi connectivity index (χ0n) is 8.40. The second kappa shape index (κ2) is 6.59. The third kappa shape index (κ3) is 4.41. The van der Waals surface area contributed by atoms with Crippen LogP contribution in [0.4, 0.5) is 0 Å². The van der Waals surface area contributed by atoms with Gasteiger partial charge in [-0.25, -0.2) is 0 Å². The second-order valence-corrected chi connectivity index (χ2v) is 3.08. The van der Waals surface area contributed by atoms with Gasteiger partial charge in [0, 0.05) is 25.3 Å². The lowest BCUT2D eigenvalue weighted by atomic mass is 10.3. The zero-order chi connectivity index (χ0) is 10.2. The fraction of sp³-hybridized carbons (Fsp3) is 0.600. The third-order valence-electron chi connectivity index (χ3n) is 1.80. The minimum Gasteiger partial charge on any atom is -0.472 e. The van der Waals surface area contributed by atoms with Gasteiger partial charge in [-0.2, -0.15) is 0 Å². The molecule has 1 atom stereocenters. The molecule has 0 aliphatic carbocycles. The second-order valence-electron chi connectivity index (χ2n) is 3.08. The van der Waals surface area contributed by atoms with Gasteiger partial charge < -0.3 is 19.6 Å². The van der Waals surface area contributed by atoms with Crippen LogP contribution in [0.15, 0.2) is 23.0 Å². The van der Waals surface area contributed by atoms with E-state index in [4.69, 9.17) is 9.15 Å². The van der Waals surface area contributed by atoms with E-state index in [1.54, 1.807) is 12.5 Å². The Morgan fingerprint density at radius 2 is 2.50 bits per heavy atom. The van der Waals surface area contributed by atoms with E-state index >= 15 is 0 Å². The van der Waals surface area contributed by atoms with E-state index in [2.05, 4.69) is 5.32 Å². The SMILES string of the molecule is CCOCC(O)CNCc1ccoc1. The monoisotopic (exact) mass is 199 g/mol. The maximum atomic E-state index is 9.40. The standard InChI is InChI=1S/C10H17NO3/c1-2-13-8-10(12)6-11-5-9-3-4-14-7-9/h3-4,7,10-12H,2,5-6,8H2,1H3. The number of hydrogen-bond donors (Lipinski definition) is 2. The largest absolute Gasteiger partial charge is 0.472 e. The summed E-state index contributed by atoms with van der Waals surface area (Å²) in [5.41, 5.74) is 1.08. The average molecular weight is 199 g/mol. The first-order chi connectivity index (χ1) is 6.83. The van der Waals surface area contributed by atoms with Crippen LogP contribution in [0, 0.1) is 0 Å². The first-order valence-electron chi connectivity index (χ1n) is 4.80. The predicted octanol–water partition coefficient (Wildman–Crippen LogP) is 0.767. The van der Waals surface area contributed by atoms with Crippen LogP contribution >= 0.6 is 0 Å². The summed E-state index contributed by atoms with van der Waals surface area (Å²) < 4.78 is 9.98. The molecule has 1 aromatic rings. The van der Waals surface area contributed by atoms with Crippen molar-refractivity contribution in [2.75, 3.05) is 19.8 Å². The molecule has 1 unspecified atom stereocenters. The molecule has 0 aliphatic rings. The van der Waals surface area contributed by atoms with Crippen molar-refractivity contribution in [3.8, 4) is 0 Å². The molecule has 1 heterocycles. The van der Waals surface area contributed by atoms with Crippen molar-refractivity contribution in [2.45, 2.75) is 19.6 Å². The van der Waals surface area contributed by atoms with Crippen molar-refractivity contribution in [1.29, 1.82) is 0 Å². The highest BCUT2D eigenvalue weighted by atomic mass is 16.5. The summed E-state index contributed by atoms with van der Waals surface area (Å²) in [7, 11) is 0. The third-order valence-corrected chi connectivity index (χ3v) is 1.80. The van der Waals surface area contributed by atoms with Gasteiger partial charge in [-0.1, -0.05) is 0 Å². The van der Waals surface area contributed by atoms with Gasteiger partial charge in [0.25, 0.3) is 0 Å². The van der Waals surface area contributed by atoms with Gasteiger partial charge in [-0.3, -0.25) is 0 Å². The molecular weight excluding hydrogens is 182 g/mol. The topological polar surface area (TPSA) is 54.6 Å². The number of ether oxygens (including phenoxy) is 1. The van der Waals surface area contributed by atoms with Crippen LogP contribution in [-0.2, 0) is 11.3 Å². The van der Waals surface area contributed by atoms with Crippen molar-refractivity contribution >= 4 is 0 Å². The Balaban J connectivity index is 2.03. The lowest BCUT2D eigenvalue weighted by Gasteiger charge is -2.10. The lowest BCUT2D eigenvalue weighted by Crippen LogP contribution is -2.29. The van der Waals surface area contributed by atoms with Gasteiger partial charge in [0.15, 0.2) is 0 Å². The molecule has 0 aliphatic heterocycles. The zero-order valence-corrected chi connectivity index (χ0v) is 8.40. The van der Waals surface area contributed by atoms with Crippen LogP contribution in [0.25, 0.3) is 0 Å². The summed E-state index contributed by atoms with van der Waals surface area (Å²) in [6.45, 7) is 4.17. The van der Waals surface area contributed by atoms with Crippen LogP contribution in [0.5, 0.6) is 0 Å². The molecule has 0 fully saturated rings. The number of hydrogen-bond acceptors (Lipinski definition) is 4. The van der Waals surface area contributed by atoms with Gasteiger partial charge in [-0.15, -0.1) is 0 Å². The number of rotatable bonds is 7.